The van der Waals surface area contributed by atoms with Crippen LogP contribution >= 0.6 is 12.2 Å². The summed E-state index contributed by atoms with van der Waals surface area (Å²) in [5, 5.41) is 2.30. The van der Waals surface area contributed by atoms with Crippen LogP contribution in [0, 0.1) is 5.92 Å². The van der Waals surface area contributed by atoms with Crippen molar-refractivity contribution in [2.45, 2.75) is 33.1 Å². The Balaban J connectivity index is 0.00000169. The Morgan fingerprint density at radius 3 is 2.86 bits per heavy atom. The van der Waals surface area contributed by atoms with E-state index >= 15 is 0 Å². The number of hydrogen-bond acceptors (Lipinski definition) is 4. The van der Waals surface area contributed by atoms with E-state index in [-0.39, 0.29) is 7.43 Å². The zero-order valence-electron chi connectivity index (χ0n) is 7.19. The van der Waals surface area contributed by atoms with Crippen LogP contribution < -0.4 is 0 Å². The molecule has 1 atom stereocenters. The lowest BCUT2D eigenvalue weighted by Gasteiger charge is -2.19. The summed E-state index contributed by atoms with van der Waals surface area (Å²) >= 11 is 4.46. The van der Waals surface area contributed by atoms with E-state index in [0.29, 0.717) is 30.2 Å². The molecule has 80 valence electrons. The molecule has 1 fully saturated rings. The standard InChI is InChI=1S/C8H11NO2S2.CH4/c10-13(11)8-3-1-2-7(4-8)5-9-6-12;/h7H,1-5H2;1H4. The van der Waals surface area contributed by atoms with Crippen LogP contribution in [0.5, 0.6) is 0 Å². The Hall–Kier alpha value is -0.510. The van der Waals surface area contributed by atoms with Gasteiger partial charge in [-0.05, 0) is 43.8 Å². The summed E-state index contributed by atoms with van der Waals surface area (Å²) < 4.78 is 21.3. The Labute approximate surface area is 91.8 Å². The first kappa shape index (κ1) is 13.5. The minimum Gasteiger partial charge on any atom is -0.232 e. The molecule has 1 aliphatic rings. The predicted octanol–water partition coefficient (Wildman–Crippen LogP) is 1.97. The molecule has 0 amide bonds. The van der Waals surface area contributed by atoms with Gasteiger partial charge in [0.25, 0.3) is 0 Å². The zero-order chi connectivity index (χ0) is 9.68. The third-order valence-electron chi connectivity index (χ3n) is 2.23. The van der Waals surface area contributed by atoms with Crippen molar-refractivity contribution in [2.75, 3.05) is 6.54 Å². The van der Waals surface area contributed by atoms with E-state index in [1.165, 1.54) is 0 Å². The fourth-order valence-corrected chi connectivity index (χ4v) is 2.34. The maximum Gasteiger partial charge on any atom is 0.213 e. The lowest BCUT2D eigenvalue weighted by Crippen LogP contribution is -2.18. The first-order valence-corrected chi connectivity index (χ1v) is 5.70. The quantitative estimate of drug-likeness (QED) is 0.541. The van der Waals surface area contributed by atoms with Gasteiger partial charge in [0.05, 0.1) is 11.7 Å². The van der Waals surface area contributed by atoms with Gasteiger partial charge in [0.2, 0.25) is 10.3 Å². The topological polar surface area (TPSA) is 46.5 Å². The average molecular weight is 233 g/mol. The van der Waals surface area contributed by atoms with Crippen LogP contribution in [0.25, 0.3) is 0 Å². The SMILES string of the molecule is C.O=S(=O)=C1CCCC(CN=C=S)C1. The second-order valence-electron chi connectivity index (χ2n) is 3.17. The minimum atomic E-state index is -2.00. The second-order valence-corrected chi connectivity index (χ2v) is 4.40. The number of thiocarbonyl (C=S) groups is 1. The molecule has 0 saturated heterocycles. The van der Waals surface area contributed by atoms with Gasteiger partial charge in [0, 0.05) is 4.86 Å². The Bertz CT molecular complexity index is 345. The largest absolute Gasteiger partial charge is 0.232 e. The summed E-state index contributed by atoms with van der Waals surface area (Å²) in [5.41, 5.74) is 0. The van der Waals surface area contributed by atoms with Crippen LogP contribution in [0.4, 0.5) is 0 Å². The van der Waals surface area contributed by atoms with Gasteiger partial charge in [-0.15, -0.1) is 0 Å². The van der Waals surface area contributed by atoms with E-state index in [0.717, 1.165) is 12.8 Å². The van der Waals surface area contributed by atoms with Crippen molar-refractivity contribution < 1.29 is 8.42 Å². The molecule has 1 saturated carbocycles. The molecule has 0 aromatic rings. The molecule has 0 aromatic carbocycles. The molecule has 3 nitrogen and oxygen atoms in total. The van der Waals surface area contributed by atoms with Gasteiger partial charge in [0.15, 0.2) is 0 Å². The highest BCUT2D eigenvalue weighted by Crippen LogP contribution is 2.21. The average Bonchev–Trinajstić information content (AvgIpc) is 2.15. The first-order valence-electron chi connectivity index (χ1n) is 4.21. The van der Waals surface area contributed by atoms with Crippen molar-refractivity contribution in [3.05, 3.63) is 0 Å². The van der Waals surface area contributed by atoms with Crippen molar-refractivity contribution in [3.63, 3.8) is 0 Å². The molecule has 0 aromatic heterocycles. The normalized spacial score (nSPS) is 20.6. The summed E-state index contributed by atoms with van der Waals surface area (Å²) in [6.45, 7) is 0.615. The molecular weight excluding hydrogens is 218 g/mol. The monoisotopic (exact) mass is 233 g/mol. The third-order valence-corrected chi connectivity index (χ3v) is 3.21. The molecule has 0 spiro atoms. The Morgan fingerprint density at radius 2 is 2.29 bits per heavy atom. The Kier molecular flexibility index (Phi) is 6.62. The third kappa shape index (κ3) is 4.13. The highest BCUT2D eigenvalue weighted by atomic mass is 32.2. The lowest BCUT2D eigenvalue weighted by molar-refractivity contribution is 0.475. The van der Waals surface area contributed by atoms with Crippen LogP contribution in [-0.2, 0) is 10.3 Å². The summed E-state index contributed by atoms with van der Waals surface area (Å²) in [4.78, 5) is 4.47. The molecule has 0 radical (unpaired) electrons. The van der Waals surface area contributed by atoms with Gasteiger partial charge in [0.1, 0.15) is 0 Å². The lowest BCUT2D eigenvalue weighted by atomic mass is 9.89. The molecule has 5 heteroatoms. The molecule has 1 aliphatic carbocycles. The van der Waals surface area contributed by atoms with Gasteiger partial charge >= 0.3 is 0 Å². The van der Waals surface area contributed by atoms with E-state index in [1.54, 1.807) is 0 Å². The number of hydrogen-bond donors (Lipinski definition) is 0. The van der Waals surface area contributed by atoms with Gasteiger partial charge in [-0.1, -0.05) is 7.43 Å². The minimum absolute atomic E-state index is 0. The molecule has 14 heavy (non-hydrogen) atoms. The van der Waals surface area contributed by atoms with E-state index in [1.807, 2.05) is 0 Å². The van der Waals surface area contributed by atoms with E-state index < -0.39 is 10.3 Å². The molecule has 0 aliphatic heterocycles. The summed E-state index contributed by atoms with van der Waals surface area (Å²) in [6, 6.07) is 0. The maximum atomic E-state index is 10.7. The van der Waals surface area contributed by atoms with Crippen molar-refractivity contribution in [2.24, 2.45) is 10.9 Å². The molecule has 1 rings (SSSR count). The highest BCUT2D eigenvalue weighted by Gasteiger charge is 2.18. The Morgan fingerprint density at radius 1 is 1.57 bits per heavy atom. The number of isothiocyanates is 1. The fraction of sp³-hybridized carbons (Fsp3) is 0.778. The summed E-state index contributed by atoms with van der Waals surface area (Å²) in [6.07, 6.45) is 3.35. The number of aliphatic imine (C=N–C) groups is 1. The molecule has 0 N–H and O–H groups in total. The molecule has 0 heterocycles. The van der Waals surface area contributed by atoms with Crippen LogP contribution in [0.3, 0.4) is 0 Å². The van der Waals surface area contributed by atoms with Gasteiger partial charge in [-0.2, -0.15) is 8.42 Å². The number of nitrogens with zero attached hydrogens (tertiary/aromatic N) is 1. The van der Waals surface area contributed by atoms with Crippen molar-refractivity contribution >= 4 is 32.5 Å². The predicted molar refractivity (Wildman–Crippen MR) is 62.5 cm³/mol. The van der Waals surface area contributed by atoms with Gasteiger partial charge < -0.3 is 0 Å². The van der Waals surface area contributed by atoms with Crippen molar-refractivity contribution in [3.8, 4) is 0 Å². The molecule has 0 bridgehead atoms. The van der Waals surface area contributed by atoms with Crippen LogP contribution in [0.2, 0.25) is 0 Å². The van der Waals surface area contributed by atoms with Crippen molar-refractivity contribution in [1.82, 2.24) is 0 Å². The van der Waals surface area contributed by atoms with Crippen LogP contribution in [0.1, 0.15) is 33.1 Å². The van der Waals surface area contributed by atoms with Crippen LogP contribution in [0.15, 0.2) is 4.99 Å². The smallest absolute Gasteiger partial charge is 0.213 e. The molecular formula is C9H15NO2S2. The number of rotatable bonds is 2. The first-order chi connectivity index (χ1) is 6.24. The molecule has 1 unspecified atom stereocenters. The van der Waals surface area contributed by atoms with Crippen LogP contribution in [-0.4, -0.2) is 25.0 Å². The van der Waals surface area contributed by atoms with Gasteiger partial charge in [-0.25, -0.2) is 4.99 Å². The van der Waals surface area contributed by atoms with E-state index in [4.69, 9.17) is 0 Å². The van der Waals surface area contributed by atoms with Crippen molar-refractivity contribution in [1.29, 1.82) is 0 Å². The zero-order valence-corrected chi connectivity index (χ0v) is 8.83. The summed E-state index contributed by atoms with van der Waals surface area (Å²) in [5.74, 6) is 0.345. The summed E-state index contributed by atoms with van der Waals surface area (Å²) in [7, 11) is -2.00. The highest BCUT2D eigenvalue weighted by molar-refractivity contribution is 7.78. The van der Waals surface area contributed by atoms with E-state index in [2.05, 4.69) is 22.4 Å². The second kappa shape index (κ2) is 6.87. The van der Waals surface area contributed by atoms with E-state index in [9.17, 15) is 8.42 Å². The van der Waals surface area contributed by atoms with Gasteiger partial charge in [-0.3, -0.25) is 0 Å². The maximum absolute atomic E-state index is 10.7. The fourth-order valence-electron chi connectivity index (χ4n) is 1.59.